The molecule has 0 saturated heterocycles. The second-order valence-electron chi connectivity index (χ2n) is 4.20. The molecule has 0 radical (unpaired) electrons. The van der Waals surface area contributed by atoms with E-state index < -0.39 is 5.54 Å². The predicted octanol–water partition coefficient (Wildman–Crippen LogP) is -0.371. The number of rotatable bonds is 8. The van der Waals surface area contributed by atoms with Crippen LogP contribution in [0.15, 0.2) is 0 Å². The molecule has 0 bridgehead atoms. The van der Waals surface area contributed by atoms with Crippen LogP contribution in [-0.2, 0) is 9.53 Å². The molecule has 0 aromatic heterocycles. The lowest BCUT2D eigenvalue weighted by Crippen LogP contribution is -2.39. The average molecular weight is 218 g/mol. The smallest absolute Gasteiger partial charge is 0.221 e. The van der Waals surface area contributed by atoms with Crippen molar-refractivity contribution in [1.82, 2.24) is 5.32 Å². The molecule has 15 heavy (non-hydrogen) atoms. The monoisotopic (exact) mass is 218 g/mol. The van der Waals surface area contributed by atoms with Crippen molar-refractivity contribution in [2.75, 3.05) is 26.4 Å². The molecule has 1 amide bonds. The zero-order valence-corrected chi connectivity index (χ0v) is 9.58. The highest BCUT2D eigenvalue weighted by Crippen LogP contribution is 2.02. The van der Waals surface area contributed by atoms with Gasteiger partial charge in [-0.1, -0.05) is 0 Å². The number of aliphatic hydroxyl groups excluding tert-OH is 1. The third-order valence-electron chi connectivity index (χ3n) is 1.64. The topological polar surface area (TPSA) is 84.6 Å². The summed E-state index contributed by atoms with van der Waals surface area (Å²) in [6, 6.07) is 0. The normalized spacial score (nSPS) is 11.5. The van der Waals surface area contributed by atoms with Gasteiger partial charge in [0, 0.05) is 25.1 Å². The lowest BCUT2D eigenvalue weighted by Gasteiger charge is -2.17. The van der Waals surface area contributed by atoms with E-state index in [-0.39, 0.29) is 12.5 Å². The Bertz CT molecular complexity index is 178. The fourth-order valence-electron chi connectivity index (χ4n) is 1.04. The van der Waals surface area contributed by atoms with Gasteiger partial charge in [-0.3, -0.25) is 4.79 Å². The van der Waals surface area contributed by atoms with Gasteiger partial charge in [0.25, 0.3) is 0 Å². The van der Waals surface area contributed by atoms with Crippen molar-refractivity contribution in [1.29, 1.82) is 0 Å². The summed E-state index contributed by atoms with van der Waals surface area (Å²) in [5, 5.41) is 11.2. The van der Waals surface area contributed by atoms with Gasteiger partial charge in [-0.15, -0.1) is 0 Å². The summed E-state index contributed by atoms with van der Waals surface area (Å²) in [5.41, 5.74) is 5.23. The number of nitrogens with one attached hydrogen (secondary N) is 1. The number of hydrogen-bond donors (Lipinski definition) is 3. The molecule has 0 heterocycles. The van der Waals surface area contributed by atoms with Crippen LogP contribution in [0.3, 0.4) is 0 Å². The van der Waals surface area contributed by atoms with Crippen molar-refractivity contribution in [2.24, 2.45) is 5.73 Å². The molecule has 0 aromatic rings. The molecule has 0 unspecified atom stereocenters. The Morgan fingerprint density at radius 2 is 2.13 bits per heavy atom. The van der Waals surface area contributed by atoms with Crippen molar-refractivity contribution in [3.05, 3.63) is 0 Å². The highest BCUT2D eigenvalue weighted by atomic mass is 16.5. The molecule has 0 atom stereocenters. The van der Waals surface area contributed by atoms with Crippen molar-refractivity contribution in [3.63, 3.8) is 0 Å². The van der Waals surface area contributed by atoms with E-state index in [4.69, 9.17) is 15.6 Å². The van der Waals surface area contributed by atoms with E-state index in [1.54, 1.807) is 0 Å². The zero-order valence-electron chi connectivity index (χ0n) is 9.58. The second-order valence-corrected chi connectivity index (χ2v) is 4.20. The van der Waals surface area contributed by atoms with Crippen LogP contribution in [0, 0.1) is 0 Å². The molecule has 0 saturated carbocycles. The first kappa shape index (κ1) is 14.3. The van der Waals surface area contributed by atoms with E-state index >= 15 is 0 Å². The highest BCUT2D eigenvalue weighted by molar-refractivity contribution is 5.76. The van der Waals surface area contributed by atoms with Crippen LogP contribution in [0.1, 0.15) is 26.7 Å². The van der Waals surface area contributed by atoms with Crippen molar-refractivity contribution in [2.45, 2.75) is 32.2 Å². The van der Waals surface area contributed by atoms with Crippen LogP contribution in [0.4, 0.5) is 0 Å². The van der Waals surface area contributed by atoms with E-state index in [0.717, 1.165) is 6.42 Å². The van der Waals surface area contributed by atoms with Crippen LogP contribution in [-0.4, -0.2) is 42.9 Å². The van der Waals surface area contributed by atoms with Gasteiger partial charge in [-0.05, 0) is 20.3 Å². The van der Waals surface area contributed by atoms with Crippen LogP contribution in [0.2, 0.25) is 0 Å². The first-order chi connectivity index (χ1) is 6.95. The molecule has 4 N–H and O–H groups in total. The molecule has 90 valence electrons. The van der Waals surface area contributed by atoms with Crippen molar-refractivity contribution < 1.29 is 14.6 Å². The summed E-state index contributed by atoms with van der Waals surface area (Å²) in [4.78, 5) is 11.3. The minimum atomic E-state index is -0.461. The Balaban J connectivity index is 3.32. The van der Waals surface area contributed by atoms with Gasteiger partial charge in [0.2, 0.25) is 5.91 Å². The van der Waals surface area contributed by atoms with Crippen molar-refractivity contribution in [3.8, 4) is 0 Å². The van der Waals surface area contributed by atoms with E-state index in [1.165, 1.54) is 0 Å². The van der Waals surface area contributed by atoms with Gasteiger partial charge >= 0.3 is 0 Å². The summed E-state index contributed by atoms with van der Waals surface area (Å²) in [6.07, 6.45) is 1.07. The quantitative estimate of drug-likeness (QED) is 0.485. The standard InChI is InChI=1S/C10H22N2O3/c1-10(2,11)8-9(14)12-4-3-6-15-7-5-13/h13H,3-8,11H2,1-2H3,(H,12,14). The lowest BCUT2D eigenvalue weighted by molar-refractivity contribution is -0.122. The maximum atomic E-state index is 11.3. The van der Waals surface area contributed by atoms with Gasteiger partial charge in [0.15, 0.2) is 0 Å². The number of nitrogens with two attached hydrogens (primary N) is 1. The fourth-order valence-corrected chi connectivity index (χ4v) is 1.04. The fraction of sp³-hybridized carbons (Fsp3) is 0.900. The Labute approximate surface area is 91.0 Å². The van der Waals surface area contributed by atoms with Crippen LogP contribution >= 0.6 is 0 Å². The van der Waals surface area contributed by atoms with E-state index in [2.05, 4.69) is 5.32 Å². The van der Waals surface area contributed by atoms with Gasteiger partial charge in [-0.25, -0.2) is 0 Å². The summed E-state index contributed by atoms with van der Waals surface area (Å²) < 4.78 is 5.04. The minimum Gasteiger partial charge on any atom is -0.394 e. The van der Waals surface area contributed by atoms with E-state index in [9.17, 15) is 4.79 Å². The number of carbonyl (C=O) groups is 1. The van der Waals surface area contributed by atoms with E-state index in [1.807, 2.05) is 13.8 Å². The first-order valence-electron chi connectivity index (χ1n) is 5.20. The Kier molecular flexibility index (Phi) is 7.29. The SMILES string of the molecule is CC(C)(N)CC(=O)NCCCOCCO. The van der Waals surface area contributed by atoms with Crippen molar-refractivity contribution >= 4 is 5.91 Å². The second kappa shape index (κ2) is 7.62. The molecule has 0 aliphatic carbocycles. The molecular formula is C10H22N2O3. The predicted molar refractivity (Wildman–Crippen MR) is 58.4 cm³/mol. The third kappa shape index (κ3) is 11.3. The van der Waals surface area contributed by atoms with Gasteiger partial charge in [0.1, 0.15) is 0 Å². The summed E-state index contributed by atoms with van der Waals surface area (Å²) in [7, 11) is 0. The maximum Gasteiger partial charge on any atom is 0.221 e. The van der Waals surface area contributed by atoms with E-state index in [0.29, 0.717) is 26.2 Å². The largest absolute Gasteiger partial charge is 0.394 e. The molecule has 5 heteroatoms. The molecule has 0 aliphatic rings. The van der Waals surface area contributed by atoms with Gasteiger partial charge < -0.3 is 20.9 Å². The number of amides is 1. The molecule has 0 rings (SSSR count). The molecule has 5 nitrogen and oxygen atoms in total. The zero-order chi connectivity index (χ0) is 11.7. The van der Waals surface area contributed by atoms with Gasteiger partial charge in [-0.2, -0.15) is 0 Å². The molecule has 0 aromatic carbocycles. The molecule has 0 spiro atoms. The number of aliphatic hydroxyl groups is 1. The maximum absolute atomic E-state index is 11.3. The number of hydrogen-bond acceptors (Lipinski definition) is 4. The highest BCUT2D eigenvalue weighted by Gasteiger charge is 2.15. The summed E-state index contributed by atoms with van der Waals surface area (Å²) in [6.45, 7) is 5.15. The summed E-state index contributed by atoms with van der Waals surface area (Å²) in [5.74, 6) is -0.0374. The van der Waals surface area contributed by atoms with Crippen LogP contribution in [0.5, 0.6) is 0 Å². The number of carbonyl (C=O) groups excluding carboxylic acids is 1. The van der Waals surface area contributed by atoms with Gasteiger partial charge in [0.05, 0.1) is 13.2 Å². The van der Waals surface area contributed by atoms with Crippen LogP contribution in [0.25, 0.3) is 0 Å². The third-order valence-corrected chi connectivity index (χ3v) is 1.64. The average Bonchev–Trinajstić information content (AvgIpc) is 2.08. The van der Waals surface area contributed by atoms with Crippen LogP contribution < -0.4 is 11.1 Å². The molecular weight excluding hydrogens is 196 g/mol. The Hall–Kier alpha value is -0.650. The Morgan fingerprint density at radius 1 is 1.47 bits per heavy atom. The molecule has 0 fully saturated rings. The lowest BCUT2D eigenvalue weighted by atomic mass is 10.0. The number of ether oxygens (including phenoxy) is 1. The minimum absolute atomic E-state index is 0.0354. The first-order valence-corrected chi connectivity index (χ1v) is 5.20. The Morgan fingerprint density at radius 3 is 2.67 bits per heavy atom. The summed E-state index contributed by atoms with van der Waals surface area (Å²) >= 11 is 0. The molecule has 0 aliphatic heterocycles.